The molecule has 20 heavy (non-hydrogen) atoms. The molecule has 2 fully saturated rings. The minimum absolute atomic E-state index is 0.190. The number of nitrogens with zero attached hydrogens (tertiary/aromatic N) is 1. The molecule has 0 aromatic heterocycles. The summed E-state index contributed by atoms with van der Waals surface area (Å²) >= 11 is 0. The lowest BCUT2D eigenvalue weighted by Crippen LogP contribution is -2.56. The maximum Gasteiger partial charge on any atom is 0.329 e. The predicted molar refractivity (Wildman–Crippen MR) is 76.6 cm³/mol. The van der Waals surface area contributed by atoms with Crippen LogP contribution in [0.2, 0.25) is 0 Å². The Labute approximate surface area is 120 Å². The lowest BCUT2D eigenvalue weighted by atomic mass is 9.91. The van der Waals surface area contributed by atoms with Crippen molar-refractivity contribution in [3.05, 3.63) is 0 Å². The molecule has 2 N–H and O–H groups in total. The van der Waals surface area contributed by atoms with Crippen molar-refractivity contribution in [1.82, 2.24) is 10.2 Å². The average molecular weight is 282 g/mol. The van der Waals surface area contributed by atoms with Crippen LogP contribution in [-0.2, 0) is 4.79 Å². The Kier molecular flexibility index (Phi) is 4.89. The molecule has 1 saturated carbocycles. The Balaban J connectivity index is 1.97. The van der Waals surface area contributed by atoms with E-state index in [4.69, 9.17) is 0 Å². The minimum Gasteiger partial charge on any atom is -0.479 e. The van der Waals surface area contributed by atoms with Gasteiger partial charge in [-0.25, -0.2) is 9.59 Å². The van der Waals surface area contributed by atoms with Crippen LogP contribution in [-0.4, -0.2) is 40.6 Å². The second kappa shape index (κ2) is 6.46. The molecule has 5 nitrogen and oxygen atoms in total. The monoisotopic (exact) mass is 282 g/mol. The summed E-state index contributed by atoms with van der Waals surface area (Å²) in [6.07, 6.45) is 7.53. The second-order valence-electron chi connectivity index (χ2n) is 6.18. The van der Waals surface area contributed by atoms with Crippen molar-refractivity contribution in [2.75, 3.05) is 13.1 Å². The molecule has 0 radical (unpaired) electrons. The van der Waals surface area contributed by atoms with Gasteiger partial charge in [-0.3, -0.25) is 0 Å². The fourth-order valence-electron chi connectivity index (χ4n) is 3.72. The van der Waals surface area contributed by atoms with Crippen molar-refractivity contribution in [2.45, 2.75) is 63.8 Å². The Morgan fingerprint density at radius 3 is 2.60 bits per heavy atom. The van der Waals surface area contributed by atoms with Gasteiger partial charge in [0, 0.05) is 13.1 Å². The molecule has 1 aliphatic heterocycles. The average Bonchev–Trinajstić information content (AvgIpc) is 3.06. The number of hydrogen-bond donors (Lipinski definition) is 2. The van der Waals surface area contributed by atoms with Crippen molar-refractivity contribution in [2.24, 2.45) is 5.92 Å². The second-order valence-corrected chi connectivity index (χ2v) is 6.18. The summed E-state index contributed by atoms with van der Waals surface area (Å²) in [5.74, 6) is -0.278. The van der Waals surface area contributed by atoms with Gasteiger partial charge in [0.15, 0.2) is 0 Å². The maximum absolute atomic E-state index is 12.3. The van der Waals surface area contributed by atoms with E-state index in [1.165, 1.54) is 25.7 Å². The first-order valence-electron chi connectivity index (χ1n) is 7.89. The van der Waals surface area contributed by atoms with Crippen LogP contribution < -0.4 is 5.32 Å². The summed E-state index contributed by atoms with van der Waals surface area (Å²) < 4.78 is 0. The van der Waals surface area contributed by atoms with Gasteiger partial charge in [-0.1, -0.05) is 26.2 Å². The number of carboxylic acids is 1. The van der Waals surface area contributed by atoms with E-state index in [2.05, 4.69) is 5.32 Å². The number of carbonyl (C=O) groups excluding carboxylic acids is 1. The highest BCUT2D eigenvalue weighted by Crippen LogP contribution is 2.34. The summed E-state index contributed by atoms with van der Waals surface area (Å²) in [6.45, 7) is 3.22. The SMILES string of the molecule is CCCC1(C(=O)O)CCCN1C(=O)NCC1CCCC1. The normalized spacial score (nSPS) is 26.9. The molecule has 2 rings (SSSR count). The minimum atomic E-state index is -0.978. The van der Waals surface area contributed by atoms with E-state index >= 15 is 0 Å². The molecule has 1 saturated heterocycles. The third kappa shape index (κ3) is 2.91. The molecule has 0 bridgehead atoms. The third-order valence-electron chi connectivity index (χ3n) is 4.81. The van der Waals surface area contributed by atoms with E-state index in [1.54, 1.807) is 4.90 Å². The smallest absolute Gasteiger partial charge is 0.329 e. The largest absolute Gasteiger partial charge is 0.479 e. The van der Waals surface area contributed by atoms with Crippen LogP contribution in [0, 0.1) is 5.92 Å². The highest BCUT2D eigenvalue weighted by Gasteiger charge is 2.49. The summed E-state index contributed by atoms with van der Waals surface area (Å²) in [5.41, 5.74) is -0.978. The Hall–Kier alpha value is -1.26. The highest BCUT2D eigenvalue weighted by molar-refractivity contribution is 5.87. The summed E-state index contributed by atoms with van der Waals surface area (Å²) in [7, 11) is 0. The number of rotatable bonds is 5. The molecule has 2 amide bonds. The van der Waals surface area contributed by atoms with Crippen molar-refractivity contribution in [3.8, 4) is 0 Å². The fourth-order valence-corrected chi connectivity index (χ4v) is 3.72. The number of hydrogen-bond acceptors (Lipinski definition) is 2. The Morgan fingerprint density at radius 2 is 2.00 bits per heavy atom. The molecule has 1 aliphatic carbocycles. The van der Waals surface area contributed by atoms with Gasteiger partial charge in [-0.15, -0.1) is 0 Å². The molecule has 0 aromatic rings. The zero-order valence-electron chi connectivity index (χ0n) is 12.4. The van der Waals surface area contributed by atoms with E-state index in [1.807, 2.05) is 6.92 Å². The molecule has 1 unspecified atom stereocenters. The lowest BCUT2D eigenvalue weighted by Gasteiger charge is -2.34. The van der Waals surface area contributed by atoms with Crippen LogP contribution in [0.5, 0.6) is 0 Å². The topological polar surface area (TPSA) is 69.6 Å². The molecular formula is C15H26N2O3. The van der Waals surface area contributed by atoms with Crippen molar-refractivity contribution < 1.29 is 14.7 Å². The van der Waals surface area contributed by atoms with Crippen molar-refractivity contribution in [1.29, 1.82) is 0 Å². The molecule has 5 heteroatoms. The summed E-state index contributed by atoms with van der Waals surface area (Å²) in [4.78, 5) is 25.6. The predicted octanol–water partition coefficient (Wildman–Crippen LogP) is 2.61. The molecule has 0 aromatic carbocycles. The number of likely N-dealkylation sites (tertiary alicyclic amines) is 1. The molecule has 0 spiro atoms. The van der Waals surface area contributed by atoms with Crippen LogP contribution >= 0.6 is 0 Å². The van der Waals surface area contributed by atoms with E-state index in [0.29, 0.717) is 31.8 Å². The molecular weight excluding hydrogens is 256 g/mol. The highest BCUT2D eigenvalue weighted by atomic mass is 16.4. The number of carboxylic acid groups (broad SMARTS) is 1. The van der Waals surface area contributed by atoms with E-state index < -0.39 is 11.5 Å². The number of urea groups is 1. The number of carbonyl (C=O) groups is 2. The number of amides is 2. The van der Waals surface area contributed by atoms with Gasteiger partial charge in [-0.2, -0.15) is 0 Å². The van der Waals surface area contributed by atoms with Gasteiger partial charge in [0.05, 0.1) is 0 Å². The Bertz CT molecular complexity index is 366. The van der Waals surface area contributed by atoms with Crippen LogP contribution in [0.4, 0.5) is 4.79 Å². The zero-order valence-corrected chi connectivity index (χ0v) is 12.4. The van der Waals surface area contributed by atoms with Crippen molar-refractivity contribution in [3.63, 3.8) is 0 Å². The van der Waals surface area contributed by atoms with Gasteiger partial charge in [0.1, 0.15) is 5.54 Å². The van der Waals surface area contributed by atoms with Gasteiger partial charge >= 0.3 is 12.0 Å². The van der Waals surface area contributed by atoms with Gasteiger partial charge in [0.2, 0.25) is 0 Å². The van der Waals surface area contributed by atoms with Gasteiger partial charge in [0.25, 0.3) is 0 Å². The lowest BCUT2D eigenvalue weighted by molar-refractivity contribution is -0.148. The van der Waals surface area contributed by atoms with Crippen LogP contribution in [0.3, 0.4) is 0 Å². The number of aliphatic carboxylic acids is 1. The maximum atomic E-state index is 12.3. The quantitative estimate of drug-likeness (QED) is 0.814. The standard InChI is InChI=1S/C15H26N2O3/c1-2-8-15(13(18)19)9-5-10-17(15)14(20)16-11-12-6-3-4-7-12/h12H,2-11H2,1H3,(H,16,20)(H,18,19). The van der Waals surface area contributed by atoms with E-state index in [-0.39, 0.29) is 6.03 Å². The van der Waals surface area contributed by atoms with Crippen LogP contribution in [0.1, 0.15) is 58.3 Å². The molecule has 2 aliphatic rings. The number of nitrogens with one attached hydrogen (secondary N) is 1. The van der Waals surface area contributed by atoms with Crippen molar-refractivity contribution >= 4 is 12.0 Å². The molecule has 1 atom stereocenters. The first-order valence-corrected chi connectivity index (χ1v) is 7.89. The molecule has 1 heterocycles. The van der Waals surface area contributed by atoms with Gasteiger partial charge in [-0.05, 0) is 38.0 Å². The first kappa shape index (κ1) is 15.1. The zero-order chi connectivity index (χ0) is 14.6. The first-order chi connectivity index (χ1) is 9.60. The van der Waals surface area contributed by atoms with E-state index in [0.717, 1.165) is 12.8 Å². The molecule has 114 valence electrons. The Morgan fingerprint density at radius 1 is 1.30 bits per heavy atom. The van der Waals surface area contributed by atoms with Crippen LogP contribution in [0.15, 0.2) is 0 Å². The third-order valence-corrected chi connectivity index (χ3v) is 4.81. The summed E-state index contributed by atoms with van der Waals surface area (Å²) in [6, 6.07) is -0.190. The van der Waals surface area contributed by atoms with E-state index in [9.17, 15) is 14.7 Å². The summed E-state index contributed by atoms with van der Waals surface area (Å²) in [5, 5.41) is 12.5. The van der Waals surface area contributed by atoms with Gasteiger partial charge < -0.3 is 15.3 Å². The van der Waals surface area contributed by atoms with Crippen LogP contribution in [0.25, 0.3) is 0 Å². The fraction of sp³-hybridized carbons (Fsp3) is 0.867.